The van der Waals surface area contributed by atoms with Gasteiger partial charge in [-0.1, -0.05) is 76.9 Å². The topological polar surface area (TPSA) is 99.0 Å². The van der Waals surface area contributed by atoms with Crippen LogP contribution in [0.4, 0.5) is 0 Å². The number of aliphatic hydroxyl groups excluding tert-OH is 3. The zero-order valence-corrected chi connectivity index (χ0v) is 21.7. The van der Waals surface area contributed by atoms with Crippen LogP contribution in [0.1, 0.15) is 104 Å². The molecule has 0 aliphatic carbocycles. The second-order valence-corrected chi connectivity index (χ2v) is 10.4. The van der Waals surface area contributed by atoms with Crippen molar-refractivity contribution >= 4 is 17.7 Å². The Bertz CT molecular complexity index is 519. The molecule has 0 aromatic rings. The maximum atomic E-state index is 11.5. The summed E-state index contributed by atoms with van der Waals surface area (Å²) in [6.07, 6.45) is 19.3. The number of carbonyl (C=O) groups is 1. The number of rotatable bonds is 19. The Kier molecular flexibility index (Phi) is 18.1. The monoisotopic (exact) mass is 487 g/mol. The Hall–Kier alpha value is -0.600. The minimum Gasteiger partial charge on any atom is -0.394 e. The minimum atomic E-state index is -1.21. The lowest BCUT2D eigenvalue weighted by Crippen LogP contribution is -2.63. The summed E-state index contributed by atoms with van der Waals surface area (Å²) < 4.78 is 5.74. The van der Waals surface area contributed by atoms with Gasteiger partial charge in [0.15, 0.2) is 0 Å². The molecule has 0 spiro atoms. The molecule has 33 heavy (non-hydrogen) atoms. The fourth-order valence-electron chi connectivity index (χ4n) is 4.16. The van der Waals surface area contributed by atoms with Gasteiger partial charge in [0.05, 0.1) is 12.6 Å². The zero-order valence-electron chi connectivity index (χ0n) is 20.9. The fraction of sp³-hybridized carbons (Fsp3) is 0.885. The normalized spacial score (nSPS) is 25.5. The third-order valence-corrected chi connectivity index (χ3v) is 7.45. The molecule has 0 bridgehead atoms. The summed E-state index contributed by atoms with van der Waals surface area (Å²) in [5.74, 6) is 0.572. The summed E-state index contributed by atoms with van der Waals surface area (Å²) in [6, 6.07) is -0.681. The molecule has 1 fully saturated rings. The highest BCUT2D eigenvalue weighted by atomic mass is 32.2. The summed E-state index contributed by atoms with van der Waals surface area (Å²) >= 11 is 1.53. The first-order chi connectivity index (χ1) is 16.0. The van der Waals surface area contributed by atoms with E-state index in [-0.39, 0.29) is 12.5 Å². The largest absolute Gasteiger partial charge is 0.394 e. The first kappa shape index (κ1) is 30.4. The number of allylic oxidation sites excluding steroid dienone is 2. The molecule has 194 valence electrons. The van der Waals surface area contributed by atoms with Crippen LogP contribution in [-0.2, 0) is 9.53 Å². The van der Waals surface area contributed by atoms with Gasteiger partial charge in [0.2, 0.25) is 5.91 Å². The van der Waals surface area contributed by atoms with Crippen LogP contribution >= 0.6 is 11.8 Å². The fourth-order valence-corrected chi connectivity index (χ4v) is 5.42. The van der Waals surface area contributed by atoms with Gasteiger partial charge in [-0.25, -0.2) is 0 Å². The smallest absolute Gasteiger partial charge is 0.217 e. The van der Waals surface area contributed by atoms with Gasteiger partial charge >= 0.3 is 0 Å². The predicted octanol–water partition coefficient (Wildman–Crippen LogP) is 4.70. The van der Waals surface area contributed by atoms with Crippen molar-refractivity contribution in [1.29, 1.82) is 0 Å². The van der Waals surface area contributed by atoms with Gasteiger partial charge in [0, 0.05) is 6.92 Å². The molecule has 1 rings (SSSR count). The number of amides is 1. The minimum absolute atomic E-state index is 0.278. The number of hydrogen-bond donors (Lipinski definition) is 4. The van der Waals surface area contributed by atoms with Gasteiger partial charge in [-0.2, -0.15) is 0 Å². The van der Waals surface area contributed by atoms with Crippen LogP contribution in [0.15, 0.2) is 12.2 Å². The maximum absolute atomic E-state index is 11.5. The summed E-state index contributed by atoms with van der Waals surface area (Å²) in [5.41, 5.74) is -0.479. The van der Waals surface area contributed by atoms with Crippen molar-refractivity contribution in [3.8, 4) is 0 Å². The number of thioether (sulfide) groups is 1. The van der Waals surface area contributed by atoms with E-state index < -0.39 is 29.8 Å². The molecule has 1 aliphatic heterocycles. The molecule has 1 amide bonds. The number of aliphatic hydroxyl groups is 3. The molecule has 0 radical (unpaired) electrons. The van der Waals surface area contributed by atoms with Crippen LogP contribution in [0.5, 0.6) is 0 Å². The van der Waals surface area contributed by atoms with Crippen molar-refractivity contribution in [2.75, 3.05) is 12.4 Å². The summed E-state index contributed by atoms with van der Waals surface area (Å²) in [5, 5.41) is 32.5. The highest BCUT2D eigenvalue weighted by Crippen LogP contribution is 2.29. The third kappa shape index (κ3) is 13.8. The SMILES string of the molecule is CCCCCCCC/C=C\CCCCCCCCS[C@H]1O[C@H](CO)[C@@H](O)[C@H](O)[C@H]1NC(C)=O. The third-order valence-electron chi connectivity index (χ3n) is 6.19. The highest BCUT2D eigenvalue weighted by molar-refractivity contribution is 7.99. The molecular weight excluding hydrogens is 438 g/mol. The number of hydrogen-bond acceptors (Lipinski definition) is 6. The molecule has 1 aliphatic rings. The van der Waals surface area contributed by atoms with Crippen LogP contribution in [0.2, 0.25) is 0 Å². The first-order valence-electron chi connectivity index (χ1n) is 13.2. The number of ether oxygens (including phenoxy) is 1. The van der Waals surface area contributed by atoms with Gasteiger partial charge < -0.3 is 25.4 Å². The molecule has 0 aromatic carbocycles. The van der Waals surface area contributed by atoms with Crippen molar-refractivity contribution in [1.82, 2.24) is 5.32 Å². The van der Waals surface area contributed by atoms with E-state index in [9.17, 15) is 20.1 Å². The van der Waals surface area contributed by atoms with E-state index in [1.54, 1.807) is 0 Å². The van der Waals surface area contributed by atoms with Gasteiger partial charge in [0.25, 0.3) is 0 Å². The van der Waals surface area contributed by atoms with Crippen LogP contribution in [0, 0.1) is 0 Å². The van der Waals surface area contributed by atoms with Gasteiger partial charge in [-0.15, -0.1) is 11.8 Å². The second-order valence-electron chi connectivity index (χ2n) is 9.24. The Morgan fingerprint density at radius 2 is 1.42 bits per heavy atom. The van der Waals surface area contributed by atoms with Crippen molar-refractivity contribution in [3.63, 3.8) is 0 Å². The molecule has 1 heterocycles. The molecule has 0 aromatic heterocycles. The number of unbranched alkanes of at least 4 members (excludes halogenated alkanes) is 12. The molecule has 4 N–H and O–H groups in total. The molecule has 7 heteroatoms. The molecule has 0 saturated carbocycles. The number of nitrogens with one attached hydrogen (secondary N) is 1. The lowest BCUT2D eigenvalue weighted by atomic mass is 9.98. The lowest BCUT2D eigenvalue weighted by molar-refractivity contribution is -0.173. The number of carbonyl (C=O) groups excluding carboxylic acids is 1. The standard InChI is InChI=1S/C26H49NO5S/c1-3-4-5-6-7-8-9-10-11-12-13-14-15-16-17-18-19-33-26-23(27-21(2)29)25(31)24(30)22(20-28)32-26/h10-11,22-26,28,30-31H,3-9,12-20H2,1-2H3,(H,27,29)/b11-10-/t22-,23-,24-,25-,26-/m1/s1. The van der Waals surface area contributed by atoms with Gasteiger partial charge in [0.1, 0.15) is 23.7 Å². The van der Waals surface area contributed by atoms with Crippen molar-refractivity contribution in [3.05, 3.63) is 12.2 Å². The van der Waals surface area contributed by atoms with Crippen LogP contribution in [0.25, 0.3) is 0 Å². The second kappa shape index (κ2) is 19.7. The molecule has 1 saturated heterocycles. The summed E-state index contributed by atoms with van der Waals surface area (Å²) in [7, 11) is 0. The predicted molar refractivity (Wildman–Crippen MR) is 137 cm³/mol. The van der Waals surface area contributed by atoms with E-state index in [1.165, 1.54) is 95.7 Å². The van der Waals surface area contributed by atoms with Crippen molar-refractivity contribution in [2.45, 2.75) is 134 Å². The van der Waals surface area contributed by atoms with E-state index in [0.717, 1.165) is 18.6 Å². The molecular formula is C26H49NO5S. The van der Waals surface area contributed by atoms with Crippen molar-refractivity contribution < 1.29 is 24.9 Å². The summed E-state index contributed by atoms with van der Waals surface area (Å²) in [6.45, 7) is 3.27. The van der Waals surface area contributed by atoms with E-state index in [0.29, 0.717) is 0 Å². The zero-order chi connectivity index (χ0) is 24.3. The maximum Gasteiger partial charge on any atom is 0.217 e. The van der Waals surface area contributed by atoms with E-state index in [2.05, 4.69) is 24.4 Å². The molecule has 0 unspecified atom stereocenters. The van der Waals surface area contributed by atoms with E-state index in [1.807, 2.05) is 0 Å². The molecule has 5 atom stereocenters. The highest BCUT2D eigenvalue weighted by Gasteiger charge is 2.44. The van der Waals surface area contributed by atoms with Gasteiger partial charge in [-0.05, 0) is 37.9 Å². The average molecular weight is 488 g/mol. The van der Waals surface area contributed by atoms with E-state index >= 15 is 0 Å². The van der Waals surface area contributed by atoms with Gasteiger partial charge in [-0.3, -0.25) is 4.79 Å². The van der Waals surface area contributed by atoms with Crippen LogP contribution in [-0.4, -0.2) is 63.4 Å². The average Bonchev–Trinajstić information content (AvgIpc) is 2.80. The lowest BCUT2D eigenvalue weighted by Gasteiger charge is -2.42. The Morgan fingerprint density at radius 1 is 0.879 bits per heavy atom. The molecule has 6 nitrogen and oxygen atoms in total. The Labute approximate surface area is 205 Å². The quantitative estimate of drug-likeness (QED) is 0.156. The first-order valence-corrected chi connectivity index (χ1v) is 14.2. The Morgan fingerprint density at radius 3 is 1.97 bits per heavy atom. The van der Waals surface area contributed by atoms with E-state index in [4.69, 9.17) is 4.74 Å². The summed E-state index contributed by atoms with van der Waals surface area (Å²) in [4.78, 5) is 11.5. The Balaban J connectivity index is 2.05. The van der Waals surface area contributed by atoms with Crippen LogP contribution in [0.3, 0.4) is 0 Å². The van der Waals surface area contributed by atoms with Crippen LogP contribution < -0.4 is 5.32 Å². The van der Waals surface area contributed by atoms with Crippen molar-refractivity contribution in [2.24, 2.45) is 0 Å².